The molecule has 0 radical (unpaired) electrons. The van der Waals surface area contributed by atoms with Gasteiger partial charge in [0, 0.05) is 11.6 Å². The summed E-state index contributed by atoms with van der Waals surface area (Å²) in [5.41, 5.74) is 0.884. The standard InChI is InChI=1S/C21H20F5N3O3S/c1-12(28-33(30,31)19-13(2)27-29(14(19)3)20(22)23)15-8-10-16(11-9-15)17-6-4-5-7-18(17)32-21(24,25)26/h4-12,20,28H,1-3H3/t12-/m1/s1. The molecule has 0 unspecified atom stereocenters. The molecule has 0 aliphatic heterocycles. The highest BCUT2D eigenvalue weighted by molar-refractivity contribution is 7.89. The Morgan fingerprint density at radius 1 is 1.03 bits per heavy atom. The molecule has 1 aromatic heterocycles. The summed E-state index contributed by atoms with van der Waals surface area (Å²) in [6.45, 7) is 1.12. The molecule has 2 aromatic carbocycles. The smallest absolute Gasteiger partial charge is 0.405 e. The SMILES string of the molecule is Cc1nn(C(F)F)c(C)c1S(=O)(=O)N[C@H](C)c1ccc(-c2ccccc2OC(F)(F)F)cc1. The maximum Gasteiger partial charge on any atom is 0.573 e. The molecule has 0 fully saturated rings. The van der Waals surface area contributed by atoms with Crippen LogP contribution in [0.3, 0.4) is 0 Å². The Hall–Kier alpha value is -2.99. The van der Waals surface area contributed by atoms with Crippen molar-refractivity contribution in [3.05, 3.63) is 65.5 Å². The number of aromatic nitrogens is 2. The molecular weight excluding hydrogens is 469 g/mol. The van der Waals surface area contributed by atoms with Crippen LogP contribution in [0.2, 0.25) is 0 Å². The van der Waals surface area contributed by atoms with Crippen LogP contribution in [0.15, 0.2) is 53.4 Å². The summed E-state index contributed by atoms with van der Waals surface area (Å²) in [6, 6.07) is 11.0. The molecule has 0 aliphatic rings. The van der Waals surface area contributed by atoms with E-state index in [4.69, 9.17) is 0 Å². The van der Waals surface area contributed by atoms with Gasteiger partial charge >= 0.3 is 12.9 Å². The number of para-hydroxylation sites is 1. The van der Waals surface area contributed by atoms with E-state index in [1.165, 1.54) is 44.2 Å². The quantitative estimate of drug-likeness (QED) is 0.445. The molecule has 12 heteroatoms. The molecule has 0 saturated heterocycles. The van der Waals surface area contributed by atoms with Gasteiger partial charge in [-0.3, -0.25) is 0 Å². The number of benzene rings is 2. The highest BCUT2D eigenvalue weighted by Crippen LogP contribution is 2.34. The Labute approximate surface area is 187 Å². The second-order valence-electron chi connectivity index (χ2n) is 7.23. The van der Waals surface area contributed by atoms with Crippen molar-refractivity contribution in [1.29, 1.82) is 0 Å². The molecule has 178 valence electrons. The van der Waals surface area contributed by atoms with Crippen LogP contribution in [0, 0.1) is 13.8 Å². The van der Waals surface area contributed by atoms with Crippen molar-refractivity contribution in [3.8, 4) is 16.9 Å². The van der Waals surface area contributed by atoms with Crippen LogP contribution >= 0.6 is 0 Å². The molecule has 0 amide bonds. The Balaban J connectivity index is 1.84. The zero-order valence-electron chi connectivity index (χ0n) is 17.7. The maximum atomic E-state index is 13.0. The molecule has 0 saturated carbocycles. The van der Waals surface area contributed by atoms with Crippen LogP contribution < -0.4 is 9.46 Å². The monoisotopic (exact) mass is 489 g/mol. The lowest BCUT2D eigenvalue weighted by atomic mass is 10.0. The number of nitrogens with one attached hydrogen (secondary N) is 1. The number of hydrogen-bond acceptors (Lipinski definition) is 4. The van der Waals surface area contributed by atoms with Crippen LogP contribution in [-0.4, -0.2) is 24.6 Å². The first-order valence-corrected chi connectivity index (χ1v) is 11.1. The number of hydrogen-bond donors (Lipinski definition) is 1. The van der Waals surface area contributed by atoms with E-state index in [-0.39, 0.29) is 27.6 Å². The largest absolute Gasteiger partial charge is 0.573 e. The summed E-state index contributed by atoms with van der Waals surface area (Å²) in [6.07, 6.45) is -4.85. The third kappa shape index (κ3) is 5.50. The van der Waals surface area contributed by atoms with Gasteiger partial charge in [0.2, 0.25) is 10.0 Å². The minimum Gasteiger partial charge on any atom is -0.405 e. The lowest BCUT2D eigenvalue weighted by Crippen LogP contribution is -2.27. The average molecular weight is 489 g/mol. The third-order valence-electron chi connectivity index (χ3n) is 4.88. The van der Waals surface area contributed by atoms with E-state index in [2.05, 4.69) is 14.6 Å². The molecule has 3 rings (SSSR count). The Morgan fingerprint density at radius 2 is 1.64 bits per heavy atom. The molecule has 1 heterocycles. The van der Waals surface area contributed by atoms with Gasteiger partial charge in [0.25, 0.3) is 0 Å². The topological polar surface area (TPSA) is 73.2 Å². The predicted octanol–water partition coefficient (Wildman–Crippen LogP) is 5.50. The summed E-state index contributed by atoms with van der Waals surface area (Å²) in [5.74, 6) is -0.367. The molecule has 33 heavy (non-hydrogen) atoms. The fourth-order valence-electron chi connectivity index (χ4n) is 3.46. The van der Waals surface area contributed by atoms with Crippen LogP contribution in [0.4, 0.5) is 22.0 Å². The Kier molecular flexibility index (Phi) is 6.80. The van der Waals surface area contributed by atoms with Crippen molar-refractivity contribution in [3.63, 3.8) is 0 Å². The van der Waals surface area contributed by atoms with Crippen LogP contribution in [-0.2, 0) is 10.0 Å². The lowest BCUT2D eigenvalue weighted by Gasteiger charge is -2.16. The Bertz CT molecular complexity index is 1240. The van der Waals surface area contributed by atoms with Gasteiger partial charge in [0.05, 0.1) is 11.4 Å². The zero-order valence-corrected chi connectivity index (χ0v) is 18.5. The van der Waals surface area contributed by atoms with Gasteiger partial charge in [-0.1, -0.05) is 42.5 Å². The highest BCUT2D eigenvalue weighted by Gasteiger charge is 2.32. The van der Waals surface area contributed by atoms with Crippen molar-refractivity contribution in [2.24, 2.45) is 0 Å². The van der Waals surface area contributed by atoms with E-state index >= 15 is 0 Å². The molecule has 0 bridgehead atoms. The maximum absolute atomic E-state index is 13.0. The molecule has 6 nitrogen and oxygen atoms in total. The van der Waals surface area contributed by atoms with Gasteiger partial charge in [0.15, 0.2) is 0 Å². The molecule has 1 atom stereocenters. The molecule has 3 aromatic rings. The summed E-state index contributed by atoms with van der Waals surface area (Å²) in [5, 5.41) is 3.59. The molecule has 0 aliphatic carbocycles. The fourth-order valence-corrected chi connectivity index (χ4v) is 5.09. The van der Waals surface area contributed by atoms with E-state index < -0.39 is 29.0 Å². The van der Waals surface area contributed by atoms with Gasteiger partial charge in [-0.05, 0) is 38.0 Å². The normalized spacial score (nSPS) is 13.4. The first kappa shape index (κ1) is 24.6. The minimum atomic E-state index is -4.85. The second kappa shape index (κ2) is 9.10. The van der Waals surface area contributed by atoms with Gasteiger partial charge in [-0.25, -0.2) is 17.8 Å². The third-order valence-corrected chi connectivity index (χ3v) is 6.67. The van der Waals surface area contributed by atoms with Gasteiger partial charge in [0.1, 0.15) is 10.6 Å². The number of sulfonamides is 1. The number of aryl methyl sites for hydroxylation is 1. The van der Waals surface area contributed by atoms with Crippen molar-refractivity contribution >= 4 is 10.0 Å². The van der Waals surface area contributed by atoms with Crippen LogP contribution in [0.1, 0.15) is 36.5 Å². The van der Waals surface area contributed by atoms with E-state index in [1.54, 1.807) is 25.1 Å². The number of rotatable bonds is 7. The van der Waals surface area contributed by atoms with Crippen molar-refractivity contribution in [2.75, 3.05) is 0 Å². The van der Waals surface area contributed by atoms with E-state index in [1.807, 2.05) is 0 Å². The summed E-state index contributed by atoms with van der Waals surface area (Å²) >= 11 is 0. The van der Waals surface area contributed by atoms with E-state index in [9.17, 15) is 30.4 Å². The van der Waals surface area contributed by atoms with Crippen molar-refractivity contribution < 1.29 is 35.1 Å². The van der Waals surface area contributed by atoms with Crippen LogP contribution in [0.5, 0.6) is 5.75 Å². The number of halogens is 5. The number of nitrogens with zero attached hydrogens (tertiary/aromatic N) is 2. The molecule has 0 spiro atoms. The number of ether oxygens (including phenoxy) is 1. The highest BCUT2D eigenvalue weighted by atomic mass is 32.2. The summed E-state index contributed by atoms with van der Waals surface area (Å²) < 4.78 is 96.6. The van der Waals surface area contributed by atoms with Gasteiger partial charge < -0.3 is 4.74 Å². The van der Waals surface area contributed by atoms with E-state index in [0.717, 1.165) is 0 Å². The summed E-state index contributed by atoms with van der Waals surface area (Å²) in [7, 11) is -4.18. The Morgan fingerprint density at radius 3 is 2.18 bits per heavy atom. The number of alkyl halides is 5. The molecule has 1 N–H and O–H groups in total. The lowest BCUT2D eigenvalue weighted by molar-refractivity contribution is -0.274. The first-order valence-electron chi connectivity index (χ1n) is 9.61. The zero-order chi connectivity index (χ0) is 24.6. The fraction of sp³-hybridized carbons (Fsp3) is 0.286. The first-order chi connectivity index (χ1) is 15.3. The van der Waals surface area contributed by atoms with Gasteiger partial charge in [-0.15, -0.1) is 13.2 Å². The van der Waals surface area contributed by atoms with Crippen molar-refractivity contribution in [2.45, 2.75) is 44.6 Å². The van der Waals surface area contributed by atoms with Crippen molar-refractivity contribution in [1.82, 2.24) is 14.5 Å². The van der Waals surface area contributed by atoms with Crippen LogP contribution in [0.25, 0.3) is 11.1 Å². The average Bonchev–Trinajstić information content (AvgIpc) is 3.02. The second-order valence-corrected chi connectivity index (χ2v) is 8.88. The minimum absolute atomic E-state index is 0.0656. The van der Waals surface area contributed by atoms with Gasteiger partial charge in [-0.2, -0.15) is 13.9 Å². The molecular formula is C21H20F5N3O3S. The summed E-state index contributed by atoms with van der Waals surface area (Å²) in [4.78, 5) is -0.329. The predicted molar refractivity (Wildman–Crippen MR) is 110 cm³/mol. The van der Waals surface area contributed by atoms with E-state index in [0.29, 0.717) is 15.8 Å².